The minimum absolute atomic E-state index is 0.132. The molecule has 3 heterocycles. The minimum atomic E-state index is -0.378. The van der Waals surface area contributed by atoms with Gasteiger partial charge in [0.2, 0.25) is 5.91 Å². The molecule has 0 bridgehead atoms. The smallest absolute Gasteiger partial charge is 0.414 e. The molecule has 7 nitrogen and oxygen atoms in total. The van der Waals surface area contributed by atoms with Crippen LogP contribution in [0.15, 0.2) is 24.3 Å². The highest BCUT2D eigenvalue weighted by Gasteiger charge is 2.32. The summed E-state index contributed by atoms with van der Waals surface area (Å²) in [5.74, 6) is -0.132. The van der Waals surface area contributed by atoms with Crippen LogP contribution in [0.3, 0.4) is 0 Å². The van der Waals surface area contributed by atoms with E-state index in [0.29, 0.717) is 19.7 Å². The lowest BCUT2D eigenvalue weighted by Gasteiger charge is -2.17. The second-order valence-electron chi connectivity index (χ2n) is 6.14. The zero-order chi connectivity index (χ0) is 16.7. The summed E-state index contributed by atoms with van der Waals surface area (Å²) in [4.78, 5) is 24.7. The molecule has 1 aromatic carbocycles. The Bertz CT molecular complexity index is 814. The molecule has 4 rings (SSSR count). The van der Waals surface area contributed by atoms with Gasteiger partial charge in [-0.2, -0.15) is 0 Å². The van der Waals surface area contributed by atoms with Crippen LogP contribution < -0.4 is 10.2 Å². The molecule has 1 N–H and O–H groups in total. The first-order valence-electron chi connectivity index (χ1n) is 8.04. The molecule has 2 aromatic rings. The Labute approximate surface area is 139 Å². The number of ether oxygens (including phenoxy) is 2. The van der Waals surface area contributed by atoms with Crippen molar-refractivity contribution in [3.05, 3.63) is 30.0 Å². The average Bonchev–Trinajstić information content (AvgIpc) is 3.12. The van der Waals surface area contributed by atoms with Crippen molar-refractivity contribution < 1.29 is 19.1 Å². The predicted molar refractivity (Wildman–Crippen MR) is 87.9 cm³/mol. The van der Waals surface area contributed by atoms with Crippen molar-refractivity contribution in [1.29, 1.82) is 0 Å². The topological polar surface area (TPSA) is 72.8 Å². The van der Waals surface area contributed by atoms with Gasteiger partial charge in [-0.05, 0) is 24.3 Å². The molecule has 0 spiro atoms. The molecule has 1 fully saturated rings. The monoisotopic (exact) mass is 329 g/mol. The number of nitrogens with one attached hydrogen (secondary N) is 1. The SMILES string of the molecule is CC(=O)NC[C@H]1CN(c2ccc3c(c2)cc2n3CCOC2)C(=O)O1. The fourth-order valence-electron chi connectivity index (χ4n) is 3.30. The van der Waals surface area contributed by atoms with E-state index in [9.17, 15) is 9.59 Å². The first-order valence-corrected chi connectivity index (χ1v) is 8.04. The second kappa shape index (κ2) is 5.83. The van der Waals surface area contributed by atoms with Gasteiger partial charge in [-0.15, -0.1) is 0 Å². The summed E-state index contributed by atoms with van der Waals surface area (Å²) >= 11 is 0. The number of amides is 2. The third kappa shape index (κ3) is 2.60. The van der Waals surface area contributed by atoms with Crippen molar-refractivity contribution in [2.24, 2.45) is 0 Å². The molecule has 7 heteroatoms. The highest BCUT2D eigenvalue weighted by Crippen LogP contribution is 2.29. The van der Waals surface area contributed by atoms with Crippen LogP contribution in [0.25, 0.3) is 10.9 Å². The third-order valence-electron chi connectivity index (χ3n) is 4.44. The van der Waals surface area contributed by atoms with Crippen molar-refractivity contribution >= 4 is 28.6 Å². The fraction of sp³-hybridized carbons (Fsp3) is 0.412. The molecule has 1 aromatic heterocycles. The molecular formula is C17H19N3O4. The van der Waals surface area contributed by atoms with Crippen molar-refractivity contribution in [2.45, 2.75) is 26.2 Å². The summed E-state index contributed by atoms with van der Waals surface area (Å²) in [5, 5.41) is 3.77. The first kappa shape index (κ1) is 15.0. The maximum atomic E-state index is 12.1. The molecule has 2 aliphatic rings. The Morgan fingerprint density at radius 2 is 2.25 bits per heavy atom. The van der Waals surface area contributed by atoms with Gasteiger partial charge in [-0.25, -0.2) is 4.79 Å². The third-order valence-corrected chi connectivity index (χ3v) is 4.44. The second-order valence-corrected chi connectivity index (χ2v) is 6.14. The number of carbonyl (C=O) groups is 2. The van der Waals surface area contributed by atoms with Crippen LogP contribution in [0.2, 0.25) is 0 Å². The lowest BCUT2D eigenvalue weighted by Crippen LogP contribution is -2.33. The van der Waals surface area contributed by atoms with Crippen molar-refractivity contribution in [3.63, 3.8) is 0 Å². The number of benzene rings is 1. The van der Waals surface area contributed by atoms with E-state index in [2.05, 4.69) is 16.0 Å². The van der Waals surface area contributed by atoms with Crippen LogP contribution in [0.1, 0.15) is 12.6 Å². The number of hydrogen-bond donors (Lipinski definition) is 1. The number of anilines is 1. The highest BCUT2D eigenvalue weighted by molar-refractivity contribution is 5.94. The summed E-state index contributed by atoms with van der Waals surface area (Å²) in [6.45, 7) is 4.40. The number of nitrogens with zero attached hydrogens (tertiary/aromatic N) is 2. The summed E-state index contributed by atoms with van der Waals surface area (Å²) in [6.07, 6.45) is -0.704. The van der Waals surface area contributed by atoms with E-state index in [1.165, 1.54) is 6.92 Å². The van der Waals surface area contributed by atoms with Crippen molar-refractivity contribution in [3.8, 4) is 0 Å². The largest absolute Gasteiger partial charge is 0.442 e. The normalized spacial score (nSPS) is 20.1. The van der Waals surface area contributed by atoms with Gasteiger partial charge in [0.1, 0.15) is 6.10 Å². The van der Waals surface area contributed by atoms with E-state index in [4.69, 9.17) is 9.47 Å². The van der Waals surface area contributed by atoms with Crippen LogP contribution in [0.5, 0.6) is 0 Å². The molecule has 0 unspecified atom stereocenters. The number of rotatable bonds is 3. The van der Waals surface area contributed by atoms with Gasteiger partial charge in [0, 0.05) is 35.8 Å². The standard InChI is InChI=1S/C17H19N3O4/c1-11(21)18-8-15-9-20(17(22)24-15)13-2-3-16-12(6-13)7-14-10-23-5-4-19(14)16/h2-3,6-7,15H,4-5,8-10H2,1H3,(H,18,21)/t15-/m0/s1. The molecule has 2 amide bonds. The van der Waals surface area contributed by atoms with E-state index in [0.717, 1.165) is 35.4 Å². The quantitative estimate of drug-likeness (QED) is 0.929. The Morgan fingerprint density at radius 3 is 3.08 bits per heavy atom. The van der Waals surface area contributed by atoms with E-state index in [-0.39, 0.29) is 18.1 Å². The number of hydrogen-bond acceptors (Lipinski definition) is 4. The van der Waals surface area contributed by atoms with E-state index < -0.39 is 0 Å². The molecule has 1 atom stereocenters. The van der Waals surface area contributed by atoms with Gasteiger partial charge in [-0.1, -0.05) is 0 Å². The van der Waals surface area contributed by atoms with Gasteiger partial charge in [0.15, 0.2) is 0 Å². The number of carbonyl (C=O) groups excluding carboxylic acids is 2. The number of aromatic nitrogens is 1. The summed E-state index contributed by atoms with van der Waals surface area (Å²) in [5.41, 5.74) is 3.11. The van der Waals surface area contributed by atoms with Gasteiger partial charge in [-0.3, -0.25) is 9.69 Å². The molecule has 0 saturated carbocycles. The van der Waals surface area contributed by atoms with E-state index in [1.807, 2.05) is 18.2 Å². The number of cyclic esters (lactones) is 1. The molecule has 2 aliphatic heterocycles. The summed E-state index contributed by atoms with van der Waals surface area (Å²) in [6, 6.07) is 8.08. The van der Waals surface area contributed by atoms with E-state index in [1.54, 1.807) is 4.90 Å². The maximum Gasteiger partial charge on any atom is 0.414 e. The molecule has 1 saturated heterocycles. The Hall–Kier alpha value is -2.54. The minimum Gasteiger partial charge on any atom is -0.442 e. The average molecular weight is 329 g/mol. The van der Waals surface area contributed by atoms with Crippen molar-refractivity contribution in [2.75, 3.05) is 24.6 Å². The first-order chi connectivity index (χ1) is 11.6. The van der Waals surface area contributed by atoms with E-state index >= 15 is 0 Å². The van der Waals surface area contributed by atoms with Crippen LogP contribution >= 0.6 is 0 Å². The van der Waals surface area contributed by atoms with Crippen LogP contribution in [0.4, 0.5) is 10.5 Å². The van der Waals surface area contributed by atoms with Crippen LogP contribution in [0, 0.1) is 0 Å². The lowest BCUT2D eigenvalue weighted by atomic mass is 10.2. The summed E-state index contributed by atoms with van der Waals surface area (Å²) in [7, 11) is 0. The van der Waals surface area contributed by atoms with Crippen LogP contribution in [-0.2, 0) is 27.4 Å². The Morgan fingerprint density at radius 1 is 1.38 bits per heavy atom. The Balaban J connectivity index is 1.58. The fourth-order valence-corrected chi connectivity index (χ4v) is 3.30. The highest BCUT2D eigenvalue weighted by atomic mass is 16.6. The molecule has 24 heavy (non-hydrogen) atoms. The molecule has 0 aliphatic carbocycles. The van der Waals surface area contributed by atoms with Crippen LogP contribution in [-0.4, -0.2) is 42.4 Å². The van der Waals surface area contributed by atoms with Gasteiger partial charge in [0.25, 0.3) is 0 Å². The molecule has 0 radical (unpaired) electrons. The van der Waals surface area contributed by atoms with Gasteiger partial charge in [0.05, 0.1) is 26.3 Å². The lowest BCUT2D eigenvalue weighted by molar-refractivity contribution is -0.119. The van der Waals surface area contributed by atoms with Gasteiger partial charge < -0.3 is 19.4 Å². The van der Waals surface area contributed by atoms with Crippen molar-refractivity contribution in [1.82, 2.24) is 9.88 Å². The zero-order valence-corrected chi connectivity index (χ0v) is 13.4. The number of fused-ring (bicyclic) bond motifs is 3. The molecular weight excluding hydrogens is 310 g/mol. The molecule has 126 valence electrons. The van der Waals surface area contributed by atoms with Gasteiger partial charge >= 0.3 is 6.09 Å². The Kier molecular flexibility index (Phi) is 3.65. The maximum absolute atomic E-state index is 12.1. The summed E-state index contributed by atoms with van der Waals surface area (Å²) < 4.78 is 13.1. The predicted octanol–water partition coefficient (Wildman–Crippen LogP) is 1.63. The zero-order valence-electron chi connectivity index (χ0n) is 13.4.